The van der Waals surface area contributed by atoms with E-state index in [1.54, 1.807) is 24.4 Å². The highest BCUT2D eigenvalue weighted by atomic mass is 19.1. The standard InChI is InChI=1S/C32H30FN3O3/c33-24-6-2-20(3-7-24)19-36-29-22(14-23(18-34-29)21-4-8-26(9-5-21)39-27-10-11-27)15-28(31(36)38)30(37)35-25-16-32(17-25)12-1-13-32/h2-9,14-15,18,25,27H,1,10-13,16-17,19H2,(H,35,37). The van der Waals surface area contributed by atoms with Gasteiger partial charge in [0.05, 0.1) is 12.6 Å². The van der Waals surface area contributed by atoms with Gasteiger partial charge in [-0.15, -0.1) is 0 Å². The van der Waals surface area contributed by atoms with Gasteiger partial charge in [0.25, 0.3) is 11.5 Å². The van der Waals surface area contributed by atoms with Crippen LogP contribution in [0.25, 0.3) is 22.2 Å². The predicted molar refractivity (Wildman–Crippen MR) is 147 cm³/mol. The number of ether oxygens (including phenoxy) is 1. The normalized spacial score (nSPS) is 18.0. The number of nitrogens with one attached hydrogen (secondary N) is 1. The molecule has 39 heavy (non-hydrogen) atoms. The number of amides is 1. The van der Waals surface area contributed by atoms with Crippen molar-refractivity contribution in [1.29, 1.82) is 0 Å². The van der Waals surface area contributed by atoms with Crippen molar-refractivity contribution >= 4 is 16.9 Å². The quantitative estimate of drug-likeness (QED) is 0.330. The van der Waals surface area contributed by atoms with Crippen LogP contribution in [0.2, 0.25) is 0 Å². The van der Waals surface area contributed by atoms with Crippen molar-refractivity contribution < 1.29 is 13.9 Å². The van der Waals surface area contributed by atoms with Crippen molar-refractivity contribution in [3.8, 4) is 16.9 Å². The third kappa shape index (κ3) is 4.71. The molecule has 3 aliphatic rings. The molecule has 0 aliphatic heterocycles. The average molecular weight is 524 g/mol. The maximum Gasteiger partial charge on any atom is 0.265 e. The van der Waals surface area contributed by atoms with Gasteiger partial charge in [-0.05, 0) is 91.5 Å². The van der Waals surface area contributed by atoms with E-state index < -0.39 is 5.56 Å². The molecule has 7 heteroatoms. The van der Waals surface area contributed by atoms with Crippen LogP contribution in [0.15, 0.2) is 71.7 Å². The van der Waals surface area contributed by atoms with Crippen LogP contribution in [0.1, 0.15) is 60.9 Å². The first kappa shape index (κ1) is 24.1. The Kier molecular flexibility index (Phi) is 5.76. The summed E-state index contributed by atoms with van der Waals surface area (Å²) < 4.78 is 20.9. The van der Waals surface area contributed by atoms with Gasteiger partial charge in [-0.25, -0.2) is 9.37 Å². The van der Waals surface area contributed by atoms with Gasteiger partial charge < -0.3 is 10.1 Å². The highest BCUT2D eigenvalue weighted by Crippen LogP contribution is 2.55. The molecule has 1 N–H and O–H groups in total. The molecule has 1 amide bonds. The summed E-state index contributed by atoms with van der Waals surface area (Å²) in [7, 11) is 0. The number of fused-ring (bicyclic) bond motifs is 1. The Morgan fingerprint density at radius 3 is 2.44 bits per heavy atom. The fourth-order valence-electron chi connectivity index (χ4n) is 6.04. The first-order valence-corrected chi connectivity index (χ1v) is 13.8. The highest BCUT2D eigenvalue weighted by Gasteiger charge is 2.48. The third-order valence-corrected chi connectivity index (χ3v) is 8.55. The fraction of sp³-hybridized carbons (Fsp3) is 0.344. The van der Waals surface area contributed by atoms with Crippen LogP contribution in [-0.2, 0) is 6.54 Å². The zero-order valence-corrected chi connectivity index (χ0v) is 21.7. The number of aromatic nitrogens is 2. The maximum absolute atomic E-state index is 13.6. The SMILES string of the molecule is O=C(NC1CC2(CCC2)C1)c1cc2cc(-c3ccc(OC4CC4)cc3)cnc2n(Cc2ccc(F)cc2)c1=O. The molecule has 0 unspecified atom stereocenters. The zero-order valence-electron chi connectivity index (χ0n) is 21.7. The molecule has 7 rings (SSSR count). The Bertz CT molecular complexity index is 1610. The van der Waals surface area contributed by atoms with E-state index in [1.807, 2.05) is 30.3 Å². The number of carbonyl (C=O) groups is 1. The second kappa shape index (κ2) is 9.33. The summed E-state index contributed by atoms with van der Waals surface area (Å²) in [6, 6.07) is 17.7. The smallest absolute Gasteiger partial charge is 0.265 e. The second-order valence-corrected chi connectivity index (χ2v) is 11.5. The van der Waals surface area contributed by atoms with Gasteiger partial charge in [-0.1, -0.05) is 30.7 Å². The van der Waals surface area contributed by atoms with E-state index in [9.17, 15) is 14.0 Å². The van der Waals surface area contributed by atoms with Crippen molar-refractivity contribution in [2.24, 2.45) is 5.41 Å². The summed E-state index contributed by atoms with van der Waals surface area (Å²) in [5.74, 6) is 0.160. The van der Waals surface area contributed by atoms with Crippen LogP contribution in [0.3, 0.4) is 0 Å². The Morgan fingerprint density at radius 2 is 1.77 bits per heavy atom. The number of nitrogens with zero attached hydrogens (tertiary/aromatic N) is 2. The molecule has 3 saturated carbocycles. The molecule has 0 radical (unpaired) electrons. The van der Waals surface area contributed by atoms with E-state index in [1.165, 1.54) is 36.0 Å². The van der Waals surface area contributed by atoms with Gasteiger partial charge in [0.15, 0.2) is 0 Å². The lowest BCUT2D eigenvalue weighted by Crippen LogP contribution is -2.54. The fourth-order valence-corrected chi connectivity index (χ4v) is 6.04. The van der Waals surface area contributed by atoms with Crippen molar-refractivity contribution in [1.82, 2.24) is 14.9 Å². The number of hydrogen-bond acceptors (Lipinski definition) is 4. The van der Waals surface area contributed by atoms with Gasteiger partial charge in [0.1, 0.15) is 22.8 Å². The van der Waals surface area contributed by atoms with Crippen molar-refractivity contribution in [3.05, 3.63) is 94.2 Å². The van der Waals surface area contributed by atoms with Crippen molar-refractivity contribution in [2.45, 2.75) is 63.6 Å². The minimum Gasteiger partial charge on any atom is -0.490 e. The number of rotatable bonds is 7. The maximum atomic E-state index is 13.6. The van der Waals surface area contributed by atoms with Gasteiger partial charge >= 0.3 is 0 Å². The average Bonchev–Trinajstić information content (AvgIpc) is 3.71. The summed E-state index contributed by atoms with van der Waals surface area (Å²) in [5, 5.41) is 3.79. The lowest BCUT2D eigenvalue weighted by molar-refractivity contribution is -0.000651. The molecule has 6 nitrogen and oxygen atoms in total. The molecule has 3 aliphatic carbocycles. The van der Waals surface area contributed by atoms with E-state index in [4.69, 9.17) is 4.74 Å². The minimum atomic E-state index is -0.399. The Morgan fingerprint density at radius 1 is 1.03 bits per heavy atom. The van der Waals surface area contributed by atoms with E-state index in [0.717, 1.165) is 48.1 Å². The van der Waals surface area contributed by atoms with Crippen LogP contribution in [0.5, 0.6) is 5.75 Å². The van der Waals surface area contributed by atoms with E-state index in [2.05, 4.69) is 10.3 Å². The topological polar surface area (TPSA) is 73.2 Å². The number of benzene rings is 2. The van der Waals surface area contributed by atoms with Crippen LogP contribution in [0.4, 0.5) is 4.39 Å². The molecule has 4 aromatic rings. The van der Waals surface area contributed by atoms with E-state index >= 15 is 0 Å². The van der Waals surface area contributed by atoms with E-state index in [0.29, 0.717) is 22.6 Å². The number of halogens is 1. The molecule has 0 saturated heterocycles. The summed E-state index contributed by atoms with van der Waals surface area (Å²) >= 11 is 0. The summed E-state index contributed by atoms with van der Waals surface area (Å²) in [4.78, 5) is 31.7. The zero-order chi connectivity index (χ0) is 26.6. The molecular weight excluding hydrogens is 493 g/mol. The molecular formula is C32H30FN3O3. The van der Waals surface area contributed by atoms with Crippen molar-refractivity contribution in [3.63, 3.8) is 0 Å². The highest BCUT2D eigenvalue weighted by molar-refractivity contribution is 5.97. The first-order valence-electron chi connectivity index (χ1n) is 13.8. The molecule has 2 aromatic carbocycles. The Balaban J connectivity index is 1.24. The molecule has 0 bridgehead atoms. The monoisotopic (exact) mass is 523 g/mol. The number of pyridine rings is 2. The molecule has 1 spiro atoms. The lowest BCUT2D eigenvalue weighted by atomic mass is 9.54. The third-order valence-electron chi connectivity index (χ3n) is 8.55. The molecule has 2 heterocycles. The summed E-state index contributed by atoms with van der Waals surface area (Å²) in [6.07, 6.45) is 10.0. The Hall–Kier alpha value is -4.00. The van der Waals surface area contributed by atoms with Crippen LogP contribution in [-0.4, -0.2) is 27.6 Å². The van der Waals surface area contributed by atoms with Gasteiger partial charge in [0, 0.05) is 23.2 Å². The summed E-state index contributed by atoms with van der Waals surface area (Å²) in [5.41, 5.74) is 3.20. The van der Waals surface area contributed by atoms with Gasteiger partial charge in [-0.3, -0.25) is 14.2 Å². The molecule has 3 fully saturated rings. The molecule has 198 valence electrons. The van der Waals surface area contributed by atoms with Crippen molar-refractivity contribution in [2.75, 3.05) is 0 Å². The minimum absolute atomic E-state index is 0.103. The first-order chi connectivity index (χ1) is 18.9. The molecule has 0 atom stereocenters. The van der Waals surface area contributed by atoms with Gasteiger partial charge in [-0.2, -0.15) is 0 Å². The number of carbonyl (C=O) groups excluding carboxylic acids is 1. The van der Waals surface area contributed by atoms with Crippen LogP contribution < -0.4 is 15.6 Å². The van der Waals surface area contributed by atoms with Crippen LogP contribution in [0, 0.1) is 11.2 Å². The second-order valence-electron chi connectivity index (χ2n) is 11.5. The largest absolute Gasteiger partial charge is 0.490 e. The van der Waals surface area contributed by atoms with Crippen LogP contribution >= 0.6 is 0 Å². The summed E-state index contributed by atoms with van der Waals surface area (Å²) in [6.45, 7) is 0.183. The number of hydrogen-bond donors (Lipinski definition) is 1. The lowest BCUT2D eigenvalue weighted by Gasteiger charge is -2.54. The van der Waals surface area contributed by atoms with E-state index in [-0.39, 0.29) is 29.9 Å². The molecule has 2 aromatic heterocycles. The predicted octanol–water partition coefficient (Wildman–Crippen LogP) is 5.85. The van der Waals surface area contributed by atoms with Gasteiger partial charge in [0.2, 0.25) is 0 Å². The Labute approximate surface area is 225 Å².